The highest BCUT2D eigenvalue weighted by molar-refractivity contribution is 9.10. The smallest absolute Gasteiger partial charge is 0.277 e. The maximum absolute atomic E-state index is 11.8. The van der Waals surface area contributed by atoms with Gasteiger partial charge in [-0.1, -0.05) is 36.4 Å². The van der Waals surface area contributed by atoms with E-state index in [4.69, 9.17) is 9.47 Å². The Morgan fingerprint density at radius 3 is 2.68 bits per heavy atom. The largest absolute Gasteiger partial charge is 0.497 e. The molecule has 0 heterocycles. The lowest BCUT2D eigenvalue weighted by Gasteiger charge is -2.08. The number of ether oxygens (including phenoxy) is 2. The van der Waals surface area contributed by atoms with E-state index in [0.29, 0.717) is 21.7 Å². The Labute approximate surface area is 155 Å². The summed E-state index contributed by atoms with van der Waals surface area (Å²) in [5, 5.41) is 4.02. The molecule has 1 N–H and O–H groups in total. The van der Waals surface area contributed by atoms with Gasteiger partial charge in [0, 0.05) is 0 Å². The molecule has 0 aliphatic rings. The van der Waals surface area contributed by atoms with Crippen molar-refractivity contribution in [3.63, 3.8) is 0 Å². The van der Waals surface area contributed by atoms with Crippen LogP contribution in [0.2, 0.25) is 0 Å². The summed E-state index contributed by atoms with van der Waals surface area (Å²) >= 11 is 3.37. The zero-order valence-corrected chi connectivity index (χ0v) is 15.6. The predicted octanol–water partition coefficient (Wildman–Crippen LogP) is 4.04. The third-order valence-corrected chi connectivity index (χ3v) is 3.79. The van der Waals surface area contributed by atoms with E-state index >= 15 is 0 Å². The zero-order chi connectivity index (χ0) is 18.1. The number of methoxy groups -OCH3 is 1. The molecule has 0 atom stereocenters. The summed E-state index contributed by atoms with van der Waals surface area (Å²) in [7, 11) is 1.59. The van der Waals surface area contributed by atoms with E-state index in [1.54, 1.807) is 32.2 Å². The van der Waals surface area contributed by atoms with Crippen LogP contribution < -0.4 is 14.9 Å². The minimum Gasteiger partial charge on any atom is -0.497 e. The molecule has 2 rings (SSSR count). The van der Waals surface area contributed by atoms with Crippen LogP contribution in [0.25, 0.3) is 6.08 Å². The van der Waals surface area contributed by atoms with E-state index in [0.717, 1.165) is 5.56 Å². The van der Waals surface area contributed by atoms with Crippen LogP contribution in [0.15, 0.2) is 64.2 Å². The van der Waals surface area contributed by atoms with Gasteiger partial charge in [0.2, 0.25) is 0 Å². The van der Waals surface area contributed by atoms with Gasteiger partial charge in [0.05, 0.1) is 17.3 Å². The second-order valence-corrected chi connectivity index (χ2v) is 5.97. The lowest BCUT2D eigenvalue weighted by Crippen LogP contribution is -2.25. The lowest BCUT2D eigenvalue weighted by atomic mass is 10.2. The lowest BCUT2D eigenvalue weighted by molar-refractivity contribution is -0.123. The maximum Gasteiger partial charge on any atom is 0.277 e. The first-order chi connectivity index (χ1) is 12.1. The van der Waals surface area contributed by atoms with Crippen LogP contribution in [0.4, 0.5) is 0 Å². The number of allylic oxidation sites excluding steroid dienone is 1. The first-order valence-electron chi connectivity index (χ1n) is 7.61. The molecule has 0 spiro atoms. The van der Waals surface area contributed by atoms with Gasteiger partial charge in [-0.15, -0.1) is 0 Å². The number of hydrazone groups is 1. The Bertz CT molecular complexity index is 773. The van der Waals surface area contributed by atoms with Crippen molar-refractivity contribution in [2.45, 2.75) is 6.92 Å². The van der Waals surface area contributed by atoms with Crippen LogP contribution in [-0.2, 0) is 4.79 Å². The number of carbonyl (C=O) groups excluding carboxylic acids is 1. The minimum absolute atomic E-state index is 0.135. The number of rotatable bonds is 7. The molecular weight excluding hydrogens is 384 g/mol. The highest BCUT2D eigenvalue weighted by Gasteiger charge is 2.06. The van der Waals surface area contributed by atoms with Crippen molar-refractivity contribution in [3.05, 3.63) is 64.6 Å². The highest BCUT2D eigenvalue weighted by atomic mass is 79.9. The van der Waals surface area contributed by atoms with Gasteiger partial charge >= 0.3 is 0 Å². The number of hydrogen-bond acceptors (Lipinski definition) is 4. The molecule has 1 amide bonds. The Kier molecular flexibility index (Phi) is 7.22. The molecule has 5 nitrogen and oxygen atoms in total. The average Bonchev–Trinajstić information content (AvgIpc) is 2.64. The number of benzene rings is 2. The summed E-state index contributed by atoms with van der Waals surface area (Å²) in [6.07, 6.45) is 3.76. The molecule has 0 aliphatic carbocycles. The maximum atomic E-state index is 11.8. The Hall–Kier alpha value is -2.60. The van der Waals surface area contributed by atoms with E-state index in [9.17, 15) is 4.79 Å². The van der Waals surface area contributed by atoms with Crippen molar-refractivity contribution in [2.24, 2.45) is 5.10 Å². The van der Waals surface area contributed by atoms with Gasteiger partial charge in [-0.25, -0.2) is 5.43 Å². The molecule has 2 aromatic carbocycles. The normalized spacial score (nSPS) is 11.4. The number of halogens is 1. The SMILES string of the molecule is COc1ccc(OCC(=O)N/N=C(C)\C=C\c2ccccc2)c(Br)c1. The van der Waals surface area contributed by atoms with Gasteiger partial charge in [0.1, 0.15) is 11.5 Å². The summed E-state index contributed by atoms with van der Waals surface area (Å²) in [6, 6.07) is 15.1. The van der Waals surface area contributed by atoms with Crippen molar-refractivity contribution in [1.29, 1.82) is 0 Å². The van der Waals surface area contributed by atoms with E-state index in [1.165, 1.54) is 0 Å². The summed E-state index contributed by atoms with van der Waals surface area (Å²) in [5.74, 6) is 0.921. The fourth-order valence-corrected chi connectivity index (χ4v) is 2.34. The highest BCUT2D eigenvalue weighted by Crippen LogP contribution is 2.28. The summed E-state index contributed by atoms with van der Waals surface area (Å²) in [5.41, 5.74) is 4.21. The van der Waals surface area contributed by atoms with E-state index in [1.807, 2.05) is 42.5 Å². The predicted molar refractivity (Wildman–Crippen MR) is 103 cm³/mol. The average molecular weight is 403 g/mol. The molecule has 0 unspecified atom stereocenters. The molecule has 0 bridgehead atoms. The van der Waals surface area contributed by atoms with Gasteiger partial charge in [0.15, 0.2) is 6.61 Å². The first kappa shape index (κ1) is 18.7. The number of nitrogens with one attached hydrogen (secondary N) is 1. The van der Waals surface area contributed by atoms with Crippen molar-refractivity contribution in [1.82, 2.24) is 5.43 Å². The Balaban J connectivity index is 1.82. The zero-order valence-electron chi connectivity index (χ0n) is 14.0. The molecule has 0 aromatic heterocycles. The second-order valence-electron chi connectivity index (χ2n) is 5.12. The molecule has 25 heavy (non-hydrogen) atoms. The fourth-order valence-electron chi connectivity index (χ4n) is 1.87. The molecule has 0 fully saturated rings. The topological polar surface area (TPSA) is 59.9 Å². The molecule has 0 radical (unpaired) electrons. The third kappa shape index (κ3) is 6.43. The summed E-state index contributed by atoms with van der Waals surface area (Å²) < 4.78 is 11.3. The molecule has 0 aliphatic heterocycles. The van der Waals surface area contributed by atoms with E-state index in [-0.39, 0.29) is 12.5 Å². The Morgan fingerprint density at radius 1 is 1.24 bits per heavy atom. The van der Waals surface area contributed by atoms with Crippen LogP contribution >= 0.6 is 15.9 Å². The van der Waals surface area contributed by atoms with Gasteiger partial charge in [-0.3, -0.25) is 4.79 Å². The number of carbonyl (C=O) groups is 1. The first-order valence-corrected chi connectivity index (χ1v) is 8.40. The molecule has 130 valence electrons. The molecule has 0 saturated carbocycles. The van der Waals surface area contributed by atoms with E-state index in [2.05, 4.69) is 26.5 Å². The van der Waals surface area contributed by atoms with Crippen LogP contribution in [0, 0.1) is 0 Å². The Morgan fingerprint density at radius 2 is 2.00 bits per heavy atom. The second kappa shape index (κ2) is 9.64. The quantitative estimate of drug-likeness (QED) is 0.561. The monoisotopic (exact) mass is 402 g/mol. The van der Waals surface area contributed by atoms with Gasteiger partial charge < -0.3 is 9.47 Å². The summed E-state index contributed by atoms with van der Waals surface area (Å²) in [4.78, 5) is 11.8. The van der Waals surface area contributed by atoms with Crippen molar-refractivity contribution in [3.8, 4) is 11.5 Å². The molecular formula is C19H19BrN2O3. The van der Waals surface area contributed by atoms with E-state index < -0.39 is 0 Å². The fraction of sp³-hybridized carbons (Fsp3) is 0.158. The van der Waals surface area contributed by atoms with Gasteiger partial charge in [-0.2, -0.15) is 5.10 Å². The third-order valence-electron chi connectivity index (χ3n) is 3.17. The van der Waals surface area contributed by atoms with Crippen LogP contribution in [0.1, 0.15) is 12.5 Å². The molecule has 6 heteroatoms. The van der Waals surface area contributed by atoms with Gasteiger partial charge in [-0.05, 0) is 52.7 Å². The molecule has 0 saturated heterocycles. The van der Waals surface area contributed by atoms with Crippen molar-refractivity contribution < 1.29 is 14.3 Å². The number of nitrogens with zero attached hydrogens (tertiary/aromatic N) is 1. The van der Waals surface area contributed by atoms with Gasteiger partial charge in [0.25, 0.3) is 5.91 Å². The van der Waals surface area contributed by atoms with Crippen LogP contribution in [0.5, 0.6) is 11.5 Å². The minimum atomic E-state index is -0.338. The molecule has 2 aromatic rings. The van der Waals surface area contributed by atoms with Crippen molar-refractivity contribution in [2.75, 3.05) is 13.7 Å². The number of amides is 1. The van der Waals surface area contributed by atoms with Crippen LogP contribution in [0.3, 0.4) is 0 Å². The summed E-state index contributed by atoms with van der Waals surface area (Å²) in [6.45, 7) is 1.67. The standard InChI is InChI=1S/C19H19BrN2O3/c1-14(8-9-15-6-4-3-5-7-15)21-22-19(23)13-25-18-11-10-16(24-2)12-17(18)20/h3-12H,13H2,1-2H3,(H,22,23)/b9-8+,21-14-. The van der Waals surface area contributed by atoms with Crippen molar-refractivity contribution >= 4 is 33.6 Å². The van der Waals surface area contributed by atoms with Crippen LogP contribution in [-0.4, -0.2) is 25.3 Å². The number of hydrogen-bond donors (Lipinski definition) is 1.